The molecule has 3 rings (SSSR count). The molecular weight excluding hydrogens is 291 g/mol. The second kappa shape index (κ2) is 6.12. The van der Waals surface area contributed by atoms with Gasteiger partial charge >= 0.3 is 0 Å². The predicted molar refractivity (Wildman–Crippen MR) is 80.1 cm³/mol. The Labute approximate surface area is 127 Å². The van der Waals surface area contributed by atoms with Crippen molar-refractivity contribution in [3.05, 3.63) is 69.5 Å². The smallest absolute Gasteiger partial charge is 0.127 e. The van der Waals surface area contributed by atoms with E-state index in [9.17, 15) is 4.39 Å². The summed E-state index contributed by atoms with van der Waals surface area (Å²) in [5.41, 5.74) is 6.74. The number of halogens is 2. The molecule has 1 aliphatic heterocycles. The van der Waals surface area contributed by atoms with Gasteiger partial charge in [-0.15, -0.1) is 0 Å². The highest BCUT2D eigenvalue weighted by molar-refractivity contribution is 6.30. The molecule has 5 heteroatoms. The molecule has 1 unspecified atom stereocenters. The van der Waals surface area contributed by atoms with Gasteiger partial charge in [-0.3, -0.25) is 11.3 Å². The van der Waals surface area contributed by atoms with E-state index >= 15 is 0 Å². The molecule has 0 saturated carbocycles. The second-order valence-corrected chi connectivity index (χ2v) is 5.62. The summed E-state index contributed by atoms with van der Waals surface area (Å²) in [5, 5.41) is 0.392. The van der Waals surface area contributed by atoms with Gasteiger partial charge in [-0.25, -0.2) is 4.39 Å². The monoisotopic (exact) mass is 306 g/mol. The Morgan fingerprint density at radius 2 is 2.00 bits per heavy atom. The lowest BCUT2D eigenvalue weighted by Gasteiger charge is -2.18. The highest BCUT2D eigenvalue weighted by Gasteiger charge is 2.17. The van der Waals surface area contributed by atoms with Gasteiger partial charge in [0.05, 0.1) is 19.3 Å². The maximum atomic E-state index is 13.9. The van der Waals surface area contributed by atoms with Crippen LogP contribution in [0.5, 0.6) is 0 Å². The molecule has 2 aromatic carbocycles. The minimum Gasteiger partial charge on any atom is -0.372 e. The zero-order chi connectivity index (χ0) is 14.8. The molecule has 0 aromatic heterocycles. The molecule has 0 saturated heterocycles. The van der Waals surface area contributed by atoms with Crippen LogP contribution in [0.1, 0.15) is 28.3 Å². The van der Waals surface area contributed by atoms with Gasteiger partial charge in [0.15, 0.2) is 0 Å². The van der Waals surface area contributed by atoms with Gasteiger partial charge in [0, 0.05) is 5.02 Å². The maximum Gasteiger partial charge on any atom is 0.127 e. The molecular formula is C16H16ClFN2O. The zero-order valence-electron chi connectivity index (χ0n) is 11.4. The van der Waals surface area contributed by atoms with E-state index in [0.717, 1.165) is 5.56 Å². The first-order valence-electron chi connectivity index (χ1n) is 6.77. The van der Waals surface area contributed by atoms with Gasteiger partial charge in [0.1, 0.15) is 5.82 Å². The molecule has 3 nitrogen and oxygen atoms in total. The van der Waals surface area contributed by atoms with Crippen LogP contribution in [0.3, 0.4) is 0 Å². The molecule has 0 amide bonds. The largest absolute Gasteiger partial charge is 0.372 e. The van der Waals surface area contributed by atoms with Gasteiger partial charge in [0.2, 0.25) is 0 Å². The third-order valence-electron chi connectivity index (χ3n) is 3.79. The van der Waals surface area contributed by atoms with Gasteiger partial charge in [-0.1, -0.05) is 35.9 Å². The van der Waals surface area contributed by atoms with E-state index in [4.69, 9.17) is 22.2 Å². The fourth-order valence-corrected chi connectivity index (χ4v) is 2.75. The molecule has 3 N–H and O–H groups in total. The lowest BCUT2D eigenvalue weighted by Crippen LogP contribution is -2.30. The SMILES string of the molecule is NNC(Cc1ccc(Cl)cc1F)c1ccc2c(c1)COC2. The fraction of sp³-hybridized carbons (Fsp3) is 0.250. The Morgan fingerprint density at radius 1 is 1.19 bits per heavy atom. The number of nitrogens with one attached hydrogen (secondary N) is 1. The highest BCUT2D eigenvalue weighted by atomic mass is 35.5. The van der Waals surface area contributed by atoms with E-state index in [-0.39, 0.29) is 11.9 Å². The Bertz CT molecular complexity index is 663. The van der Waals surface area contributed by atoms with Gasteiger partial charge in [0.25, 0.3) is 0 Å². The van der Waals surface area contributed by atoms with Crippen LogP contribution >= 0.6 is 11.6 Å². The van der Waals surface area contributed by atoms with E-state index in [0.29, 0.717) is 30.2 Å². The fourth-order valence-electron chi connectivity index (χ4n) is 2.59. The molecule has 0 bridgehead atoms. The first-order chi connectivity index (χ1) is 10.2. The molecule has 2 aromatic rings. The summed E-state index contributed by atoms with van der Waals surface area (Å²) in [5.74, 6) is 5.34. The number of rotatable bonds is 4. The van der Waals surface area contributed by atoms with Crippen molar-refractivity contribution in [3.63, 3.8) is 0 Å². The van der Waals surface area contributed by atoms with Gasteiger partial charge in [-0.2, -0.15) is 0 Å². The lowest BCUT2D eigenvalue weighted by molar-refractivity contribution is 0.134. The number of ether oxygens (including phenoxy) is 1. The van der Waals surface area contributed by atoms with Crippen LogP contribution in [0.25, 0.3) is 0 Å². The Balaban J connectivity index is 1.85. The number of nitrogens with two attached hydrogens (primary N) is 1. The Hall–Kier alpha value is -1.46. The molecule has 0 aliphatic carbocycles. The molecule has 110 valence electrons. The van der Waals surface area contributed by atoms with Crippen LogP contribution in [0.2, 0.25) is 5.02 Å². The Kier molecular flexibility index (Phi) is 4.22. The van der Waals surface area contributed by atoms with E-state index in [2.05, 4.69) is 11.5 Å². The van der Waals surface area contributed by atoms with E-state index in [1.54, 1.807) is 12.1 Å². The van der Waals surface area contributed by atoms with E-state index in [1.807, 2.05) is 12.1 Å². The molecule has 0 fully saturated rings. The third-order valence-corrected chi connectivity index (χ3v) is 4.02. The van der Waals surface area contributed by atoms with Crippen LogP contribution < -0.4 is 11.3 Å². The average Bonchev–Trinajstić information content (AvgIpc) is 2.94. The third kappa shape index (κ3) is 3.09. The van der Waals surface area contributed by atoms with Gasteiger partial charge in [-0.05, 0) is 40.8 Å². The number of fused-ring (bicyclic) bond motifs is 1. The number of hydrogen-bond donors (Lipinski definition) is 2. The van der Waals surface area contributed by atoms with Gasteiger partial charge < -0.3 is 4.74 Å². The molecule has 0 spiro atoms. The molecule has 1 aliphatic rings. The standard InChI is InChI=1S/C16H16ClFN2O/c17-14-4-3-10(15(18)7-14)6-16(20-19)11-1-2-12-8-21-9-13(12)5-11/h1-5,7,16,20H,6,8-9,19H2. The van der Waals surface area contributed by atoms with E-state index in [1.165, 1.54) is 17.2 Å². The summed E-state index contributed by atoms with van der Waals surface area (Å²) >= 11 is 5.77. The van der Waals surface area contributed by atoms with Crippen LogP contribution in [0, 0.1) is 5.82 Å². The van der Waals surface area contributed by atoms with Crippen molar-refractivity contribution in [2.24, 2.45) is 5.84 Å². The first kappa shape index (κ1) is 14.5. The number of hydrogen-bond acceptors (Lipinski definition) is 3. The second-order valence-electron chi connectivity index (χ2n) is 5.18. The van der Waals surface area contributed by atoms with Crippen LogP contribution in [-0.2, 0) is 24.4 Å². The molecule has 1 heterocycles. The number of hydrazine groups is 1. The highest BCUT2D eigenvalue weighted by Crippen LogP contribution is 2.26. The van der Waals surface area contributed by atoms with Crippen molar-refractivity contribution in [2.75, 3.05) is 0 Å². The lowest BCUT2D eigenvalue weighted by atomic mass is 9.96. The van der Waals surface area contributed by atoms with Crippen molar-refractivity contribution in [1.29, 1.82) is 0 Å². The van der Waals surface area contributed by atoms with Crippen molar-refractivity contribution in [3.8, 4) is 0 Å². The summed E-state index contributed by atoms with van der Waals surface area (Å²) in [7, 11) is 0. The van der Waals surface area contributed by atoms with Crippen LogP contribution in [0.4, 0.5) is 4.39 Å². The summed E-state index contributed by atoms with van der Waals surface area (Å²) < 4.78 is 19.3. The summed E-state index contributed by atoms with van der Waals surface area (Å²) in [6, 6.07) is 10.7. The normalized spacial score (nSPS) is 15.0. The zero-order valence-corrected chi connectivity index (χ0v) is 12.2. The summed E-state index contributed by atoms with van der Waals surface area (Å²) in [6.45, 7) is 1.28. The minimum atomic E-state index is -0.313. The quantitative estimate of drug-likeness (QED) is 0.673. The Morgan fingerprint density at radius 3 is 2.76 bits per heavy atom. The molecule has 0 radical (unpaired) electrons. The van der Waals surface area contributed by atoms with Crippen LogP contribution in [-0.4, -0.2) is 0 Å². The summed E-state index contributed by atoms with van der Waals surface area (Å²) in [6.07, 6.45) is 0.457. The average molecular weight is 307 g/mol. The van der Waals surface area contributed by atoms with Crippen molar-refractivity contribution >= 4 is 11.6 Å². The van der Waals surface area contributed by atoms with Crippen molar-refractivity contribution in [2.45, 2.75) is 25.7 Å². The minimum absolute atomic E-state index is 0.161. The maximum absolute atomic E-state index is 13.9. The molecule has 1 atom stereocenters. The van der Waals surface area contributed by atoms with E-state index < -0.39 is 0 Å². The predicted octanol–water partition coefficient (Wildman–Crippen LogP) is 3.26. The topological polar surface area (TPSA) is 47.3 Å². The first-order valence-corrected chi connectivity index (χ1v) is 7.14. The number of benzene rings is 2. The van der Waals surface area contributed by atoms with Crippen molar-refractivity contribution < 1.29 is 9.13 Å². The summed E-state index contributed by atoms with van der Waals surface area (Å²) in [4.78, 5) is 0. The van der Waals surface area contributed by atoms with Crippen molar-refractivity contribution in [1.82, 2.24) is 5.43 Å². The van der Waals surface area contributed by atoms with Crippen LogP contribution in [0.15, 0.2) is 36.4 Å². The molecule has 21 heavy (non-hydrogen) atoms.